The van der Waals surface area contributed by atoms with Gasteiger partial charge in [-0.3, -0.25) is 5.43 Å². The largest absolute Gasteiger partial charge is 0.480 e. The van der Waals surface area contributed by atoms with E-state index in [0.717, 1.165) is 38.8 Å². The van der Waals surface area contributed by atoms with Crippen molar-refractivity contribution >= 4 is 12.0 Å². The highest BCUT2D eigenvalue weighted by molar-refractivity contribution is 5.86. The maximum atomic E-state index is 11.8. The van der Waals surface area contributed by atoms with E-state index in [9.17, 15) is 14.7 Å². The van der Waals surface area contributed by atoms with Gasteiger partial charge in [-0.1, -0.05) is 6.42 Å². The van der Waals surface area contributed by atoms with Gasteiger partial charge in [-0.05, 0) is 38.5 Å². The number of hydrazine groups is 1. The molecule has 1 saturated heterocycles. The number of hydrogen-bond donors (Lipinski definition) is 3. The molecule has 1 saturated carbocycles. The highest BCUT2D eigenvalue weighted by Gasteiger charge is 2.48. The number of rotatable bonds is 4. The van der Waals surface area contributed by atoms with Crippen molar-refractivity contribution in [1.29, 1.82) is 0 Å². The first kappa shape index (κ1) is 13.1. The zero-order chi connectivity index (χ0) is 13.2. The summed E-state index contributed by atoms with van der Waals surface area (Å²) in [7, 11) is 0. The van der Waals surface area contributed by atoms with Gasteiger partial charge < -0.3 is 10.4 Å². The topological polar surface area (TPSA) is 81.7 Å². The van der Waals surface area contributed by atoms with Crippen molar-refractivity contribution < 1.29 is 14.7 Å². The zero-order valence-corrected chi connectivity index (χ0v) is 10.7. The van der Waals surface area contributed by atoms with E-state index in [-0.39, 0.29) is 5.92 Å². The van der Waals surface area contributed by atoms with Crippen molar-refractivity contribution in [2.45, 2.75) is 44.6 Å². The molecule has 102 valence electrons. The molecule has 0 aromatic heterocycles. The fraction of sp³-hybridized carbons (Fsp3) is 0.833. The Morgan fingerprint density at radius 1 is 1.22 bits per heavy atom. The van der Waals surface area contributed by atoms with Crippen LogP contribution in [0.1, 0.15) is 39.0 Å². The van der Waals surface area contributed by atoms with Crippen LogP contribution >= 0.6 is 0 Å². The maximum Gasteiger partial charge on any atom is 0.330 e. The summed E-state index contributed by atoms with van der Waals surface area (Å²) in [6, 6.07) is -0.409. The first-order valence-corrected chi connectivity index (χ1v) is 6.59. The molecule has 1 aliphatic carbocycles. The summed E-state index contributed by atoms with van der Waals surface area (Å²) in [4.78, 5) is 23.1. The smallest absolute Gasteiger partial charge is 0.330 e. The van der Waals surface area contributed by atoms with Gasteiger partial charge >= 0.3 is 12.0 Å². The first-order valence-electron chi connectivity index (χ1n) is 6.59. The van der Waals surface area contributed by atoms with Gasteiger partial charge in [-0.2, -0.15) is 0 Å². The standard InChI is InChI=1S/C12H21N3O3/c1-12(10(16)17,9-5-6-9)13-11(18)14-15-7-3-2-4-8-15/h9H,2-8H2,1H3,(H,16,17)(H2,13,14,18). The Kier molecular flexibility index (Phi) is 3.75. The van der Waals surface area contributed by atoms with Crippen LogP contribution in [0.15, 0.2) is 0 Å². The van der Waals surface area contributed by atoms with Crippen LogP contribution in [0.2, 0.25) is 0 Å². The van der Waals surface area contributed by atoms with Crippen LogP contribution in [0.3, 0.4) is 0 Å². The Morgan fingerprint density at radius 2 is 1.83 bits per heavy atom. The molecular formula is C12H21N3O3. The number of amides is 2. The second-order valence-electron chi connectivity index (χ2n) is 5.40. The van der Waals surface area contributed by atoms with Crippen molar-refractivity contribution in [3.63, 3.8) is 0 Å². The average Bonchev–Trinajstić information content (AvgIpc) is 3.13. The molecule has 1 unspecified atom stereocenters. The predicted octanol–water partition coefficient (Wildman–Crippen LogP) is 0.940. The summed E-state index contributed by atoms with van der Waals surface area (Å²) in [5, 5.41) is 13.7. The molecule has 3 N–H and O–H groups in total. The van der Waals surface area contributed by atoms with Gasteiger partial charge in [0.2, 0.25) is 0 Å². The Hall–Kier alpha value is -1.30. The molecule has 2 fully saturated rings. The summed E-state index contributed by atoms with van der Waals surface area (Å²) in [5.74, 6) is -0.902. The minimum absolute atomic E-state index is 0.0575. The summed E-state index contributed by atoms with van der Waals surface area (Å²) in [5.41, 5.74) is 1.59. The molecule has 18 heavy (non-hydrogen) atoms. The van der Waals surface area contributed by atoms with Crippen molar-refractivity contribution in [1.82, 2.24) is 15.8 Å². The lowest BCUT2D eigenvalue weighted by Gasteiger charge is -2.30. The lowest BCUT2D eigenvalue weighted by Crippen LogP contribution is -2.59. The monoisotopic (exact) mass is 255 g/mol. The molecule has 0 aromatic carbocycles. The minimum atomic E-state index is -1.14. The Bertz CT molecular complexity index is 337. The van der Waals surface area contributed by atoms with Crippen LogP contribution < -0.4 is 10.7 Å². The van der Waals surface area contributed by atoms with Crippen LogP contribution in [0, 0.1) is 5.92 Å². The SMILES string of the molecule is CC(NC(=O)NN1CCCCC1)(C(=O)O)C1CC1. The van der Waals surface area contributed by atoms with E-state index in [0.29, 0.717) is 0 Å². The van der Waals surface area contributed by atoms with Gasteiger partial charge in [-0.15, -0.1) is 0 Å². The first-order chi connectivity index (χ1) is 8.52. The highest BCUT2D eigenvalue weighted by Crippen LogP contribution is 2.39. The third-order valence-electron chi connectivity index (χ3n) is 3.83. The third kappa shape index (κ3) is 2.93. The van der Waals surface area contributed by atoms with E-state index in [1.807, 2.05) is 5.01 Å². The van der Waals surface area contributed by atoms with E-state index in [1.54, 1.807) is 6.92 Å². The number of carbonyl (C=O) groups excluding carboxylic acids is 1. The van der Waals surface area contributed by atoms with E-state index < -0.39 is 17.5 Å². The molecule has 1 atom stereocenters. The fourth-order valence-corrected chi connectivity index (χ4v) is 2.40. The second kappa shape index (κ2) is 5.14. The fourth-order valence-electron chi connectivity index (χ4n) is 2.40. The second-order valence-corrected chi connectivity index (χ2v) is 5.40. The summed E-state index contributed by atoms with van der Waals surface area (Å²) >= 11 is 0. The molecule has 1 aliphatic heterocycles. The number of carboxylic acids is 1. The van der Waals surface area contributed by atoms with Crippen molar-refractivity contribution in [2.75, 3.05) is 13.1 Å². The van der Waals surface area contributed by atoms with Gasteiger partial charge in [0.05, 0.1) is 0 Å². The van der Waals surface area contributed by atoms with E-state index in [2.05, 4.69) is 10.7 Å². The normalized spacial score (nSPS) is 24.1. The van der Waals surface area contributed by atoms with Crippen LogP contribution in [-0.4, -0.2) is 40.7 Å². The Morgan fingerprint density at radius 3 is 2.33 bits per heavy atom. The highest BCUT2D eigenvalue weighted by atomic mass is 16.4. The molecule has 0 aromatic rings. The molecule has 6 heteroatoms. The quantitative estimate of drug-likeness (QED) is 0.698. The van der Waals surface area contributed by atoms with Gasteiger partial charge in [0.15, 0.2) is 0 Å². The molecule has 2 amide bonds. The maximum absolute atomic E-state index is 11.8. The van der Waals surface area contributed by atoms with Crippen molar-refractivity contribution in [3.05, 3.63) is 0 Å². The van der Waals surface area contributed by atoms with Gasteiger partial charge in [0.25, 0.3) is 0 Å². The lowest BCUT2D eigenvalue weighted by molar-refractivity contribution is -0.144. The summed E-state index contributed by atoms with van der Waals surface area (Å²) in [6.45, 7) is 3.25. The molecule has 2 rings (SSSR count). The lowest BCUT2D eigenvalue weighted by atomic mass is 9.96. The Labute approximate surface area is 107 Å². The summed E-state index contributed by atoms with van der Waals surface area (Å²) < 4.78 is 0. The number of carbonyl (C=O) groups is 2. The molecule has 2 aliphatic rings. The predicted molar refractivity (Wildman–Crippen MR) is 65.9 cm³/mol. The van der Waals surface area contributed by atoms with Crippen molar-refractivity contribution in [3.8, 4) is 0 Å². The third-order valence-corrected chi connectivity index (χ3v) is 3.83. The number of hydrogen-bond acceptors (Lipinski definition) is 3. The van der Waals surface area contributed by atoms with Crippen LogP contribution in [-0.2, 0) is 4.79 Å². The van der Waals surface area contributed by atoms with E-state index in [1.165, 1.54) is 6.42 Å². The van der Waals surface area contributed by atoms with Crippen LogP contribution in [0.5, 0.6) is 0 Å². The number of piperidine rings is 1. The zero-order valence-electron chi connectivity index (χ0n) is 10.7. The number of carboxylic acid groups (broad SMARTS) is 1. The van der Waals surface area contributed by atoms with E-state index in [4.69, 9.17) is 0 Å². The van der Waals surface area contributed by atoms with Crippen molar-refractivity contribution in [2.24, 2.45) is 5.92 Å². The van der Waals surface area contributed by atoms with Gasteiger partial charge in [0.1, 0.15) is 5.54 Å². The van der Waals surface area contributed by atoms with Crippen LogP contribution in [0.25, 0.3) is 0 Å². The molecule has 1 heterocycles. The van der Waals surface area contributed by atoms with E-state index >= 15 is 0 Å². The molecule has 6 nitrogen and oxygen atoms in total. The van der Waals surface area contributed by atoms with Crippen LogP contribution in [0.4, 0.5) is 4.79 Å². The average molecular weight is 255 g/mol. The molecule has 0 spiro atoms. The molecule has 0 radical (unpaired) electrons. The number of nitrogens with zero attached hydrogens (tertiary/aromatic N) is 1. The van der Waals surface area contributed by atoms with Gasteiger partial charge in [-0.25, -0.2) is 14.6 Å². The Balaban J connectivity index is 1.86. The van der Waals surface area contributed by atoms with Gasteiger partial charge in [0, 0.05) is 13.1 Å². The minimum Gasteiger partial charge on any atom is -0.480 e. The molecule has 0 bridgehead atoms. The number of aliphatic carboxylic acids is 1. The molecular weight excluding hydrogens is 234 g/mol. The summed E-state index contributed by atoms with van der Waals surface area (Å²) in [6.07, 6.45) is 5.06. The number of nitrogens with one attached hydrogen (secondary N) is 2. The number of urea groups is 1.